The van der Waals surface area contributed by atoms with Gasteiger partial charge in [-0.3, -0.25) is 9.08 Å². The van der Waals surface area contributed by atoms with Crippen molar-refractivity contribution in [2.75, 3.05) is 19.4 Å². The SMILES string of the molecule is C[C@H](CCOS(C)(=O)=O)N(Cc1cccc(C(F)(F)F)c1Cl)CC(c1ccccc1)c1ccccc1. The van der Waals surface area contributed by atoms with Gasteiger partial charge in [-0.05, 0) is 36.1 Å². The molecule has 0 unspecified atom stereocenters. The molecule has 0 saturated heterocycles. The van der Waals surface area contributed by atoms with Crippen LogP contribution in [0, 0.1) is 0 Å². The average molecular weight is 540 g/mol. The van der Waals surface area contributed by atoms with Crippen LogP contribution in [0.25, 0.3) is 0 Å². The summed E-state index contributed by atoms with van der Waals surface area (Å²) in [5, 5.41) is -0.328. The van der Waals surface area contributed by atoms with Gasteiger partial charge >= 0.3 is 6.18 Å². The molecule has 0 fully saturated rings. The monoisotopic (exact) mass is 539 g/mol. The molecular weight excluding hydrogens is 511 g/mol. The van der Waals surface area contributed by atoms with Crippen LogP contribution >= 0.6 is 11.6 Å². The summed E-state index contributed by atoms with van der Waals surface area (Å²) in [6, 6.07) is 23.4. The minimum absolute atomic E-state index is 0.0336. The smallest absolute Gasteiger partial charge is 0.295 e. The zero-order valence-corrected chi connectivity index (χ0v) is 21.7. The summed E-state index contributed by atoms with van der Waals surface area (Å²) in [5.74, 6) is -0.0738. The number of nitrogens with zero attached hydrogens (tertiary/aromatic N) is 1. The maximum Gasteiger partial charge on any atom is 0.417 e. The molecule has 4 nitrogen and oxygen atoms in total. The summed E-state index contributed by atoms with van der Waals surface area (Å²) in [5.41, 5.74) is 1.59. The van der Waals surface area contributed by atoms with Crippen LogP contribution < -0.4 is 0 Å². The van der Waals surface area contributed by atoms with E-state index in [9.17, 15) is 21.6 Å². The molecule has 0 N–H and O–H groups in total. The van der Waals surface area contributed by atoms with E-state index in [1.54, 1.807) is 6.07 Å². The highest BCUT2D eigenvalue weighted by Crippen LogP contribution is 2.37. The van der Waals surface area contributed by atoms with Gasteiger partial charge in [0, 0.05) is 25.0 Å². The van der Waals surface area contributed by atoms with Gasteiger partial charge in [-0.2, -0.15) is 21.6 Å². The van der Waals surface area contributed by atoms with Crippen molar-refractivity contribution in [1.82, 2.24) is 4.90 Å². The molecule has 0 aliphatic heterocycles. The Kier molecular flexibility index (Phi) is 9.58. The third kappa shape index (κ3) is 8.06. The number of hydrogen-bond donors (Lipinski definition) is 0. The average Bonchev–Trinajstić information content (AvgIpc) is 2.82. The summed E-state index contributed by atoms with van der Waals surface area (Å²) >= 11 is 6.23. The molecule has 36 heavy (non-hydrogen) atoms. The fourth-order valence-corrected chi connectivity index (χ4v) is 4.79. The first kappa shape index (κ1) is 28.2. The molecule has 0 aromatic heterocycles. The van der Waals surface area contributed by atoms with Crippen LogP contribution in [0.5, 0.6) is 0 Å². The van der Waals surface area contributed by atoms with Crippen molar-refractivity contribution in [3.8, 4) is 0 Å². The minimum Gasteiger partial charge on any atom is -0.295 e. The zero-order valence-electron chi connectivity index (χ0n) is 20.1. The Morgan fingerprint density at radius 2 is 1.47 bits per heavy atom. The first-order valence-corrected chi connectivity index (χ1v) is 13.7. The van der Waals surface area contributed by atoms with Crippen molar-refractivity contribution in [1.29, 1.82) is 0 Å². The van der Waals surface area contributed by atoms with Crippen LogP contribution in [0.4, 0.5) is 13.2 Å². The first-order chi connectivity index (χ1) is 17.0. The quantitative estimate of drug-likeness (QED) is 0.253. The van der Waals surface area contributed by atoms with E-state index in [1.807, 2.05) is 72.5 Å². The van der Waals surface area contributed by atoms with Gasteiger partial charge in [-0.15, -0.1) is 0 Å². The Balaban J connectivity index is 1.96. The standard InChI is InChI=1S/C27H29ClF3NO3S/c1-20(16-17-35-36(2,33)34)32(18-23-14-9-15-25(26(23)28)27(29,30)31)19-24(21-10-5-3-6-11-21)22-12-7-4-8-13-22/h3-15,20,24H,16-19H2,1-2H3/t20-/m1/s1. The van der Waals surface area contributed by atoms with Crippen LogP contribution in [0.15, 0.2) is 78.9 Å². The highest BCUT2D eigenvalue weighted by molar-refractivity contribution is 7.85. The van der Waals surface area contributed by atoms with E-state index in [4.69, 9.17) is 15.8 Å². The summed E-state index contributed by atoms with van der Waals surface area (Å²) < 4.78 is 68.3. The van der Waals surface area contributed by atoms with Crippen molar-refractivity contribution in [3.05, 3.63) is 106 Å². The normalized spacial score (nSPS) is 13.3. The molecule has 0 radical (unpaired) electrons. The third-order valence-corrected chi connectivity index (χ3v) is 7.08. The van der Waals surface area contributed by atoms with E-state index in [1.165, 1.54) is 6.07 Å². The lowest BCUT2D eigenvalue weighted by molar-refractivity contribution is -0.137. The van der Waals surface area contributed by atoms with Crippen LogP contribution in [0.3, 0.4) is 0 Å². The van der Waals surface area contributed by atoms with Gasteiger partial charge in [0.2, 0.25) is 0 Å². The van der Waals surface area contributed by atoms with E-state index in [0.717, 1.165) is 23.4 Å². The molecule has 3 rings (SSSR count). The van der Waals surface area contributed by atoms with Crippen LogP contribution in [-0.4, -0.2) is 38.8 Å². The second-order valence-corrected chi connectivity index (χ2v) is 10.8. The van der Waals surface area contributed by atoms with Crippen LogP contribution in [-0.2, 0) is 27.0 Å². The molecule has 0 spiro atoms. The summed E-state index contributed by atoms with van der Waals surface area (Å²) in [7, 11) is -3.61. The molecule has 1 atom stereocenters. The molecule has 0 heterocycles. The van der Waals surface area contributed by atoms with Crippen LogP contribution in [0.2, 0.25) is 5.02 Å². The molecular formula is C27H29ClF3NO3S. The lowest BCUT2D eigenvalue weighted by Crippen LogP contribution is -2.37. The molecule has 3 aromatic rings. The number of rotatable bonds is 11. The number of alkyl halides is 3. The zero-order chi connectivity index (χ0) is 26.3. The van der Waals surface area contributed by atoms with E-state index in [2.05, 4.69) is 0 Å². The predicted octanol–water partition coefficient (Wildman–Crippen LogP) is 6.75. The van der Waals surface area contributed by atoms with Crippen LogP contribution in [0.1, 0.15) is 41.5 Å². The molecule has 9 heteroatoms. The number of benzene rings is 3. The van der Waals surface area contributed by atoms with E-state index in [0.29, 0.717) is 18.5 Å². The highest BCUT2D eigenvalue weighted by Gasteiger charge is 2.34. The number of hydrogen-bond acceptors (Lipinski definition) is 4. The Labute approximate surface area is 215 Å². The van der Waals surface area contributed by atoms with E-state index < -0.39 is 21.9 Å². The topological polar surface area (TPSA) is 46.6 Å². The second-order valence-electron chi connectivity index (χ2n) is 8.74. The maximum absolute atomic E-state index is 13.5. The lowest BCUT2D eigenvalue weighted by atomic mass is 9.90. The van der Waals surface area contributed by atoms with Crippen molar-refractivity contribution in [2.45, 2.75) is 38.0 Å². The lowest BCUT2D eigenvalue weighted by Gasteiger charge is -2.33. The van der Waals surface area contributed by atoms with Gasteiger partial charge in [-0.1, -0.05) is 84.4 Å². The first-order valence-electron chi connectivity index (χ1n) is 11.5. The Bertz CT molecular complexity index is 1180. The van der Waals surface area contributed by atoms with Gasteiger partial charge in [0.25, 0.3) is 10.1 Å². The molecule has 0 aliphatic rings. The largest absolute Gasteiger partial charge is 0.417 e. The van der Waals surface area contributed by atoms with E-state index >= 15 is 0 Å². The predicted molar refractivity (Wildman–Crippen MR) is 136 cm³/mol. The molecule has 194 valence electrons. The summed E-state index contributed by atoms with van der Waals surface area (Å²) in [6.07, 6.45) is -3.22. The molecule has 0 aliphatic carbocycles. The minimum atomic E-state index is -4.57. The maximum atomic E-state index is 13.5. The Morgan fingerprint density at radius 3 is 1.97 bits per heavy atom. The molecule has 0 saturated carbocycles. The Hall–Kier alpha value is -2.39. The van der Waals surface area contributed by atoms with Crippen molar-refractivity contribution in [2.24, 2.45) is 0 Å². The summed E-state index contributed by atoms with van der Waals surface area (Å²) in [4.78, 5) is 2.03. The molecule has 0 bridgehead atoms. The fourth-order valence-electron chi connectivity index (χ4n) is 4.10. The van der Waals surface area contributed by atoms with Crippen molar-refractivity contribution >= 4 is 21.7 Å². The third-order valence-electron chi connectivity index (χ3n) is 6.03. The Morgan fingerprint density at radius 1 is 0.917 bits per heavy atom. The van der Waals surface area contributed by atoms with Gasteiger partial charge in [0.15, 0.2) is 0 Å². The van der Waals surface area contributed by atoms with Gasteiger partial charge in [0.1, 0.15) is 0 Å². The van der Waals surface area contributed by atoms with E-state index in [-0.39, 0.29) is 30.1 Å². The van der Waals surface area contributed by atoms with Gasteiger partial charge in [-0.25, -0.2) is 0 Å². The van der Waals surface area contributed by atoms with Gasteiger partial charge < -0.3 is 0 Å². The highest BCUT2D eigenvalue weighted by atomic mass is 35.5. The fraction of sp³-hybridized carbons (Fsp3) is 0.333. The number of halogens is 4. The van der Waals surface area contributed by atoms with Gasteiger partial charge in [0.05, 0.1) is 23.4 Å². The molecule has 3 aromatic carbocycles. The second kappa shape index (κ2) is 12.2. The van der Waals surface area contributed by atoms with Crippen molar-refractivity contribution < 1.29 is 25.8 Å². The van der Waals surface area contributed by atoms with Crippen molar-refractivity contribution in [3.63, 3.8) is 0 Å². The molecule has 0 amide bonds. The summed E-state index contributed by atoms with van der Waals surface area (Å²) in [6.45, 7) is 2.49.